The second kappa shape index (κ2) is 6.50. The molecule has 5 atom stereocenters. The summed E-state index contributed by atoms with van der Waals surface area (Å²) in [5.41, 5.74) is 8.02. The predicted octanol–water partition coefficient (Wildman–Crippen LogP) is -2.79. The maximum Gasteiger partial charge on any atom is 0.226 e. The largest absolute Gasteiger partial charge is 0.394 e. The fourth-order valence-electron chi connectivity index (χ4n) is 1.58. The number of rotatable bonds is 4. The topological polar surface area (TPSA) is 168 Å². The molecule has 1 aliphatic heterocycles. The van der Waals surface area contributed by atoms with Crippen molar-refractivity contribution in [3.63, 3.8) is 0 Å². The van der Waals surface area contributed by atoms with Gasteiger partial charge in [-0.3, -0.25) is 4.79 Å². The highest BCUT2D eigenvalue weighted by atomic mass is 16.6. The molecule has 0 aromatic carbocycles. The number of carbonyl (C=O) groups excluding carboxylic acids is 1. The molecule has 0 spiro atoms. The Bertz CT molecular complexity index is 346. The van der Waals surface area contributed by atoms with Gasteiger partial charge in [-0.2, -0.15) is 0 Å². The molecule has 1 rings (SSSR count). The minimum absolute atomic E-state index is 0.508. The molecule has 1 heterocycles. The maximum absolute atomic E-state index is 11.2. The van der Waals surface area contributed by atoms with Crippen molar-refractivity contribution in [2.45, 2.75) is 30.6 Å². The fraction of sp³-hybridized carbons (Fsp3) is 0.875. The van der Waals surface area contributed by atoms with Gasteiger partial charge in [0.2, 0.25) is 5.91 Å². The van der Waals surface area contributed by atoms with Crippen LogP contribution in [0.2, 0.25) is 0 Å². The van der Waals surface area contributed by atoms with E-state index in [1.807, 2.05) is 0 Å². The van der Waals surface area contributed by atoms with Gasteiger partial charge in [-0.05, 0) is 5.53 Å². The Kier molecular flexibility index (Phi) is 5.28. The van der Waals surface area contributed by atoms with Crippen molar-refractivity contribution in [1.29, 1.82) is 0 Å². The Labute approximate surface area is 101 Å². The van der Waals surface area contributed by atoms with E-state index in [0.717, 1.165) is 0 Å². The van der Waals surface area contributed by atoms with Gasteiger partial charge >= 0.3 is 0 Å². The van der Waals surface area contributed by atoms with E-state index in [-0.39, 0.29) is 0 Å². The molecule has 5 N–H and O–H groups in total. The average Bonchev–Trinajstić information content (AvgIpc) is 2.36. The van der Waals surface area contributed by atoms with Gasteiger partial charge in [0.1, 0.15) is 30.9 Å². The average molecular weight is 262 g/mol. The molecule has 1 amide bonds. The molecule has 10 nitrogen and oxygen atoms in total. The molecule has 1 saturated heterocycles. The first kappa shape index (κ1) is 14.6. The van der Waals surface area contributed by atoms with E-state index >= 15 is 0 Å². The van der Waals surface area contributed by atoms with Gasteiger partial charge in [0.25, 0.3) is 0 Å². The van der Waals surface area contributed by atoms with Gasteiger partial charge in [-0.1, -0.05) is 5.11 Å². The van der Waals surface area contributed by atoms with E-state index in [9.17, 15) is 20.1 Å². The highest BCUT2D eigenvalue weighted by molar-refractivity contribution is 5.78. The molecule has 0 aromatic heterocycles. The molecule has 102 valence electrons. The third kappa shape index (κ3) is 3.29. The normalized spacial score (nSPS) is 35.7. The predicted molar refractivity (Wildman–Crippen MR) is 55.9 cm³/mol. The van der Waals surface area contributed by atoms with Gasteiger partial charge < -0.3 is 30.5 Å². The van der Waals surface area contributed by atoms with E-state index in [0.29, 0.717) is 0 Å². The van der Waals surface area contributed by atoms with Crippen LogP contribution >= 0.6 is 0 Å². The van der Waals surface area contributed by atoms with E-state index < -0.39 is 49.7 Å². The Hall–Kier alpha value is -1.42. The Balaban J connectivity index is 2.64. The highest BCUT2D eigenvalue weighted by Gasteiger charge is 2.44. The Morgan fingerprint density at radius 2 is 2.06 bits per heavy atom. The minimum Gasteiger partial charge on any atom is -0.394 e. The zero-order chi connectivity index (χ0) is 13.7. The summed E-state index contributed by atoms with van der Waals surface area (Å²) in [6.45, 7) is -1.10. The summed E-state index contributed by atoms with van der Waals surface area (Å²) in [6, 6.07) is -1.27. The Morgan fingerprint density at radius 1 is 1.39 bits per heavy atom. The van der Waals surface area contributed by atoms with E-state index in [4.69, 9.17) is 15.4 Å². The van der Waals surface area contributed by atoms with Crippen molar-refractivity contribution in [2.24, 2.45) is 5.11 Å². The molecule has 0 aromatic rings. The molecular formula is C8H14N4O6. The summed E-state index contributed by atoms with van der Waals surface area (Å²) in [5, 5.41) is 42.7. The molecule has 0 unspecified atom stereocenters. The number of nitrogens with zero attached hydrogens (tertiary/aromatic N) is 3. The lowest BCUT2D eigenvalue weighted by atomic mass is 9.97. The summed E-state index contributed by atoms with van der Waals surface area (Å²) in [7, 11) is 0. The summed E-state index contributed by atoms with van der Waals surface area (Å²) < 4.78 is 4.81. The fourth-order valence-corrected chi connectivity index (χ4v) is 1.58. The number of hydrogen-bond donors (Lipinski definition) is 5. The summed E-state index contributed by atoms with van der Waals surface area (Å²) in [4.78, 5) is 13.6. The van der Waals surface area contributed by atoms with Crippen LogP contribution in [0.1, 0.15) is 0 Å². The number of aliphatic hydroxyl groups is 4. The SMILES string of the molecule is [N-]=[N+]=NCC(=O)N[C@H]1[C@@H](O)[C@H](O)[C@@H](CO)O[C@H]1O. The summed E-state index contributed by atoms with van der Waals surface area (Å²) >= 11 is 0. The standard InChI is InChI=1S/C8H14N4O6/c9-12-10-1-4(14)11-5-7(16)6(15)3(2-13)18-8(5)17/h3,5-8,13,15-17H,1-2H2,(H,11,14)/t3-,5+,6-,7-,8-/m1/s1. The van der Waals surface area contributed by atoms with Gasteiger partial charge in [0.05, 0.1) is 6.61 Å². The minimum atomic E-state index is -1.59. The number of azide groups is 1. The second-order valence-electron chi connectivity index (χ2n) is 3.71. The smallest absolute Gasteiger partial charge is 0.226 e. The van der Waals surface area contributed by atoms with E-state index in [1.165, 1.54) is 0 Å². The van der Waals surface area contributed by atoms with Crippen LogP contribution in [0.15, 0.2) is 5.11 Å². The van der Waals surface area contributed by atoms with Gasteiger partial charge in [-0.25, -0.2) is 0 Å². The number of carbonyl (C=O) groups is 1. The summed E-state index contributed by atoms with van der Waals surface area (Å²) in [5.74, 6) is -0.742. The van der Waals surface area contributed by atoms with E-state index in [1.54, 1.807) is 0 Å². The third-order valence-electron chi connectivity index (χ3n) is 2.51. The van der Waals surface area contributed by atoms with Crippen LogP contribution < -0.4 is 5.32 Å². The van der Waals surface area contributed by atoms with Crippen molar-refractivity contribution in [1.82, 2.24) is 5.32 Å². The van der Waals surface area contributed by atoms with Crippen LogP contribution in [0.5, 0.6) is 0 Å². The molecule has 1 aliphatic rings. The first-order valence-corrected chi connectivity index (χ1v) is 5.12. The van der Waals surface area contributed by atoms with Crippen molar-refractivity contribution in [2.75, 3.05) is 13.2 Å². The molecule has 0 saturated carbocycles. The maximum atomic E-state index is 11.2. The van der Waals surface area contributed by atoms with Crippen LogP contribution in [0.4, 0.5) is 0 Å². The third-order valence-corrected chi connectivity index (χ3v) is 2.51. The second-order valence-corrected chi connectivity index (χ2v) is 3.71. The van der Waals surface area contributed by atoms with E-state index in [2.05, 4.69) is 15.3 Å². The van der Waals surface area contributed by atoms with Crippen molar-refractivity contribution < 1.29 is 30.0 Å². The molecule has 18 heavy (non-hydrogen) atoms. The Morgan fingerprint density at radius 3 is 2.61 bits per heavy atom. The molecular weight excluding hydrogens is 248 g/mol. The first-order valence-electron chi connectivity index (χ1n) is 5.12. The number of nitrogens with one attached hydrogen (secondary N) is 1. The molecule has 1 fully saturated rings. The van der Waals surface area contributed by atoms with Gasteiger partial charge in [0.15, 0.2) is 6.29 Å². The number of amides is 1. The van der Waals surface area contributed by atoms with Crippen LogP contribution in [0.3, 0.4) is 0 Å². The zero-order valence-electron chi connectivity index (χ0n) is 9.25. The lowest BCUT2D eigenvalue weighted by Gasteiger charge is -2.40. The highest BCUT2D eigenvalue weighted by Crippen LogP contribution is 2.19. The van der Waals surface area contributed by atoms with Crippen molar-refractivity contribution in [3.8, 4) is 0 Å². The number of aliphatic hydroxyl groups excluding tert-OH is 4. The van der Waals surface area contributed by atoms with Gasteiger partial charge in [0, 0.05) is 4.91 Å². The van der Waals surface area contributed by atoms with Crippen LogP contribution in [-0.2, 0) is 9.53 Å². The van der Waals surface area contributed by atoms with Crippen molar-refractivity contribution in [3.05, 3.63) is 10.4 Å². The van der Waals surface area contributed by atoms with Crippen LogP contribution in [0.25, 0.3) is 10.4 Å². The molecule has 0 aliphatic carbocycles. The molecule has 0 radical (unpaired) electrons. The number of ether oxygens (including phenoxy) is 1. The zero-order valence-corrected chi connectivity index (χ0v) is 9.25. The van der Waals surface area contributed by atoms with Crippen molar-refractivity contribution >= 4 is 5.91 Å². The quantitative estimate of drug-likeness (QED) is 0.208. The number of hydrogen-bond acceptors (Lipinski definition) is 7. The van der Waals surface area contributed by atoms with Gasteiger partial charge in [-0.15, -0.1) is 0 Å². The lowest BCUT2D eigenvalue weighted by Crippen LogP contribution is -2.64. The molecule has 10 heteroatoms. The first-order chi connectivity index (χ1) is 8.51. The lowest BCUT2D eigenvalue weighted by molar-refractivity contribution is -0.253. The monoisotopic (exact) mass is 262 g/mol. The van der Waals surface area contributed by atoms with Crippen LogP contribution in [-0.4, -0.2) is 70.1 Å². The summed E-state index contributed by atoms with van der Waals surface area (Å²) in [6.07, 6.45) is -5.69. The van der Waals surface area contributed by atoms with Crippen LogP contribution in [0, 0.1) is 0 Å². The molecule has 0 bridgehead atoms.